The first-order valence-corrected chi connectivity index (χ1v) is 7.05. The summed E-state index contributed by atoms with van der Waals surface area (Å²) in [6.07, 6.45) is 3.06. The van der Waals surface area contributed by atoms with E-state index >= 15 is 0 Å². The van der Waals surface area contributed by atoms with Gasteiger partial charge in [-0.05, 0) is 42.0 Å². The molecule has 2 heterocycles. The van der Waals surface area contributed by atoms with Gasteiger partial charge in [0, 0.05) is 11.8 Å². The maximum absolute atomic E-state index is 11.1. The number of nitrogens with zero attached hydrogens (tertiary/aromatic N) is 4. The molecule has 1 amide bonds. The zero-order valence-electron chi connectivity index (χ0n) is 12.6. The predicted molar refractivity (Wildman–Crippen MR) is 86.8 cm³/mol. The van der Waals surface area contributed by atoms with Gasteiger partial charge in [-0.15, -0.1) is 5.10 Å². The molecule has 24 heavy (non-hydrogen) atoms. The van der Waals surface area contributed by atoms with Crippen LogP contribution >= 0.6 is 0 Å². The summed E-state index contributed by atoms with van der Waals surface area (Å²) < 4.78 is 5.69. The van der Waals surface area contributed by atoms with Crippen molar-refractivity contribution in [3.63, 3.8) is 0 Å². The van der Waals surface area contributed by atoms with Gasteiger partial charge in [-0.1, -0.05) is 0 Å². The molecule has 0 aliphatic heterocycles. The van der Waals surface area contributed by atoms with Crippen LogP contribution in [-0.2, 0) is 6.61 Å². The fraction of sp³-hybridized carbons (Fsp3) is 0.0625. The number of rotatable bonds is 5. The fourth-order valence-electron chi connectivity index (χ4n) is 2.04. The monoisotopic (exact) mass is 322 g/mol. The number of nitrogens with two attached hydrogens (primary N) is 2. The number of hydrogen-bond donors (Lipinski definition) is 2. The Kier molecular flexibility index (Phi) is 4.28. The highest BCUT2D eigenvalue weighted by atomic mass is 16.5. The third kappa shape index (κ3) is 3.61. The van der Waals surface area contributed by atoms with E-state index in [0.717, 1.165) is 11.1 Å². The molecule has 0 saturated heterocycles. The van der Waals surface area contributed by atoms with Crippen LogP contribution in [0.3, 0.4) is 0 Å². The van der Waals surface area contributed by atoms with Gasteiger partial charge in [0.25, 0.3) is 5.91 Å². The lowest BCUT2D eigenvalue weighted by molar-refractivity contribution is 0.0995. The molecule has 0 saturated carbocycles. The summed E-state index contributed by atoms with van der Waals surface area (Å²) in [5.74, 6) is 0.223. The normalized spacial score (nSPS) is 10.3. The molecule has 0 radical (unpaired) electrons. The Hall–Kier alpha value is -3.55. The van der Waals surface area contributed by atoms with E-state index < -0.39 is 5.91 Å². The van der Waals surface area contributed by atoms with E-state index in [1.165, 1.54) is 12.4 Å². The van der Waals surface area contributed by atoms with Crippen molar-refractivity contribution in [2.75, 3.05) is 5.73 Å². The lowest BCUT2D eigenvalue weighted by Gasteiger charge is -2.08. The van der Waals surface area contributed by atoms with Gasteiger partial charge in [0.2, 0.25) is 5.95 Å². The molecular formula is C16H14N6O2. The van der Waals surface area contributed by atoms with E-state index in [0.29, 0.717) is 18.1 Å². The molecule has 4 N–H and O–H groups in total. The van der Waals surface area contributed by atoms with Crippen LogP contribution in [0.4, 0.5) is 5.95 Å². The van der Waals surface area contributed by atoms with Crippen LogP contribution in [0.2, 0.25) is 0 Å². The molecule has 3 rings (SSSR count). The van der Waals surface area contributed by atoms with Crippen molar-refractivity contribution >= 4 is 11.9 Å². The molecule has 1 aromatic carbocycles. The predicted octanol–water partition coefficient (Wildman–Crippen LogP) is 1.19. The molecule has 8 heteroatoms. The number of aromatic nitrogens is 4. The molecule has 0 bridgehead atoms. The van der Waals surface area contributed by atoms with Crippen molar-refractivity contribution in [1.29, 1.82) is 0 Å². The van der Waals surface area contributed by atoms with E-state index in [9.17, 15) is 4.79 Å². The van der Waals surface area contributed by atoms with Gasteiger partial charge < -0.3 is 16.2 Å². The number of benzene rings is 1. The van der Waals surface area contributed by atoms with Crippen LogP contribution in [-0.4, -0.2) is 26.1 Å². The minimum atomic E-state index is -0.570. The van der Waals surface area contributed by atoms with Gasteiger partial charge >= 0.3 is 0 Å². The highest BCUT2D eigenvalue weighted by Crippen LogP contribution is 2.21. The maximum atomic E-state index is 11.1. The quantitative estimate of drug-likeness (QED) is 0.721. The van der Waals surface area contributed by atoms with Gasteiger partial charge in [0.15, 0.2) is 0 Å². The van der Waals surface area contributed by atoms with Crippen LogP contribution in [0.25, 0.3) is 11.3 Å². The second kappa shape index (κ2) is 6.69. The van der Waals surface area contributed by atoms with E-state index in [-0.39, 0.29) is 11.6 Å². The third-order valence-electron chi connectivity index (χ3n) is 3.21. The third-order valence-corrected chi connectivity index (χ3v) is 3.21. The van der Waals surface area contributed by atoms with Crippen LogP contribution in [0.5, 0.6) is 5.75 Å². The maximum Gasteiger partial charge on any atom is 0.267 e. The van der Waals surface area contributed by atoms with Crippen LogP contribution < -0.4 is 16.2 Å². The summed E-state index contributed by atoms with van der Waals surface area (Å²) in [6, 6.07) is 10.7. The van der Waals surface area contributed by atoms with Crippen molar-refractivity contribution in [3.8, 4) is 17.0 Å². The summed E-state index contributed by atoms with van der Waals surface area (Å²) in [5.41, 5.74) is 13.2. The highest BCUT2D eigenvalue weighted by molar-refractivity contribution is 5.90. The van der Waals surface area contributed by atoms with E-state index in [4.69, 9.17) is 16.2 Å². The number of nitrogen functional groups attached to an aromatic ring is 1. The largest absolute Gasteiger partial charge is 0.489 e. The Balaban J connectivity index is 1.68. The van der Waals surface area contributed by atoms with Gasteiger partial charge in [-0.2, -0.15) is 5.10 Å². The second-order valence-corrected chi connectivity index (χ2v) is 4.93. The molecular weight excluding hydrogens is 308 g/mol. The molecule has 3 aromatic rings. The Morgan fingerprint density at radius 3 is 2.67 bits per heavy atom. The average molecular weight is 322 g/mol. The molecule has 0 spiro atoms. The topological polar surface area (TPSA) is 130 Å². The Labute approximate surface area is 137 Å². The molecule has 8 nitrogen and oxygen atoms in total. The van der Waals surface area contributed by atoms with Crippen LogP contribution in [0.1, 0.15) is 16.1 Å². The number of anilines is 1. The number of carbonyl (C=O) groups excluding carboxylic acids is 1. The zero-order valence-corrected chi connectivity index (χ0v) is 12.6. The highest BCUT2D eigenvalue weighted by Gasteiger charge is 2.05. The first-order chi connectivity index (χ1) is 11.6. The van der Waals surface area contributed by atoms with E-state index in [2.05, 4.69) is 20.2 Å². The molecule has 0 aliphatic carbocycles. The van der Waals surface area contributed by atoms with Gasteiger partial charge in [-0.25, -0.2) is 4.98 Å². The van der Waals surface area contributed by atoms with Crippen molar-refractivity contribution < 1.29 is 9.53 Å². The Bertz CT molecular complexity index is 866. The first kappa shape index (κ1) is 15.3. The minimum Gasteiger partial charge on any atom is -0.489 e. The van der Waals surface area contributed by atoms with Gasteiger partial charge in [0.1, 0.15) is 18.1 Å². The molecule has 2 aromatic heterocycles. The molecule has 0 atom stereocenters. The standard InChI is InChI=1S/C16H14N6O2/c17-15(23)13-7-10(5-6-19-13)9-24-12-3-1-11(2-4-12)14-8-20-22-16(18)21-14/h1-8H,9H2,(H2,17,23)(H2,18,21,22). The van der Waals surface area contributed by atoms with Crippen LogP contribution in [0, 0.1) is 0 Å². The molecule has 0 aliphatic rings. The number of primary amides is 1. The molecule has 0 fully saturated rings. The van der Waals surface area contributed by atoms with Crippen molar-refractivity contribution in [2.45, 2.75) is 6.61 Å². The number of amides is 1. The van der Waals surface area contributed by atoms with Crippen LogP contribution in [0.15, 0.2) is 48.8 Å². The van der Waals surface area contributed by atoms with Crippen molar-refractivity contribution in [2.24, 2.45) is 5.73 Å². The number of pyridine rings is 1. The van der Waals surface area contributed by atoms with Crippen molar-refractivity contribution in [3.05, 3.63) is 60.0 Å². The smallest absolute Gasteiger partial charge is 0.267 e. The minimum absolute atomic E-state index is 0.121. The fourth-order valence-corrected chi connectivity index (χ4v) is 2.04. The van der Waals surface area contributed by atoms with E-state index in [1.807, 2.05) is 24.3 Å². The lowest BCUT2D eigenvalue weighted by Crippen LogP contribution is -2.13. The summed E-state index contributed by atoms with van der Waals surface area (Å²) in [6.45, 7) is 0.296. The van der Waals surface area contributed by atoms with Gasteiger partial charge in [0.05, 0.1) is 11.9 Å². The van der Waals surface area contributed by atoms with Crippen molar-refractivity contribution in [1.82, 2.24) is 20.2 Å². The lowest BCUT2D eigenvalue weighted by atomic mass is 10.1. The SMILES string of the molecule is NC(=O)c1cc(COc2ccc(-c3cnnc(N)n3)cc2)ccn1. The molecule has 120 valence electrons. The zero-order chi connectivity index (χ0) is 16.9. The van der Waals surface area contributed by atoms with E-state index in [1.54, 1.807) is 12.1 Å². The number of carbonyl (C=O) groups is 1. The Morgan fingerprint density at radius 2 is 1.96 bits per heavy atom. The summed E-state index contributed by atoms with van der Waals surface area (Å²) >= 11 is 0. The number of ether oxygens (including phenoxy) is 1. The average Bonchev–Trinajstić information content (AvgIpc) is 2.61. The summed E-state index contributed by atoms with van der Waals surface area (Å²) in [7, 11) is 0. The second-order valence-electron chi connectivity index (χ2n) is 4.93. The molecule has 0 unspecified atom stereocenters. The summed E-state index contributed by atoms with van der Waals surface area (Å²) in [4.78, 5) is 19.1. The first-order valence-electron chi connectivity index (χ1n) is 7.05. The number of hydrogen-bond acceptors (Lipinski definition) is 7. The van der Waals surface area contributed by atoms with Gasteiger partial charge in [-0.3, -0.25) is 9.78 Å². The Morgan fingerprint density at radius 1 is 1.17 bits per heavy atom. The summed E-state index contributed by atoms with van der Waals surface area (Å²) in [5, 5.41) is 7.39.